The van der Waals surface area contributed by atoms with Crippen molar-refractivity contribution in [2.75, 3.05) is 39.1 Å². The van der Waals surface area contributed by atoms with E-state index in [0.29, 0.717) is 54.4 Å². The second-order valence-corrected chi connectivity index (χ2v) is 8.68. The molecule has 0 saturated carbocycles. The second-order valence-electron chi connectivity index (χ2n) is 7.67. The van der Waals surface area contributed by atoms with E-state index in [-0.39, 0.29) is 16.4 Å². The van der Waals surface area contributed by atoms with Gasteiger partial charge in [0.05, 0.1) is 21.5 Å². The monoisotopic (exact) mass is 481 g/mol. The number of carbonyl (C=O) groups is 2. The molecule has 176 valence electrons. The van der Waals surface area contributed by atoms with Crippen molar-refractivity contribution >= 4 is 45.8 Å². The van der Waals surface area contributed by atoms with E-state index >= 15 is 0 Å². The molecule has 3 N–H and O–H groups in total. The number of nitrogens with zero attached hydrogens (tertiary/aromatic N) is 4. The predicted molar refractivity (Wildman–Crippen MR) is 130 cm³/mol. The second kappa shape index (κ2) is 10.4. The van der Waals surface area contributed by atoms with Crippen molar-refractivity contribution in [3.63, 3.8) is 0 Å². The molecule has 0 bridgehead atoms. The molecule has 3 aromatic rings. The summed E-state index contributed by atoms with van der Waals surface area (Å²) >= 11 is 0.811. The van der Waals surface area contributed by atoms with E-state index in [1.54, 1.807) is 24.3 Å². The third-order valence-electron chi connectivity index (χ3n) is 4.74. The van der Waals surface area contributed by atoms with E-state index in [9.17, 15) is 14.4 Å². The van der Waals surface area contributed by atoms with Gasteiger partial charge in [-0.05, 0) is 44.1 Å². The molecular weight excluding hydrogens is 458 g/mol. The minimum absolute atomic E-state index is 0.191. The van der Waals surface area contributed by atoms with Gasteiger partial charge in [0.2, 0.25) is 11.8 Å². The van der Waals surface area contributed by atoms with Crippen molar-refractivity contribution in [1.82, 2.24) is 30.2 Å². The van der Waals surface area contributed by atoms with E-state index in [0.717, 1.165) is 11.8 Å². The van der Waals surface area contributed by atoms with Crippen molar-refractivity contribution in [1.29, 1.82) is 0 Å². The van der Waals surface area contributed by atoms with Crippen LogP contribution in [0.5, 0.6) is 5.88 Å². The first-order valence-corrected chi connectivity index (χ1v) is 11.3. The molecule has 11 nitrogen and oxygen atoms in total. The molecule has 0 radical (unpaired) electrons. The van der Waals surface area contributed by atoms with Gasteiger partial charge in [0.1, 0.15) is 12.4 Å². The summed E-state index contributed by atoms with van der Waals surface area (Å²) in [5, 5.41) is 5.43. The fourth-order valence-electron chi connectivity index (χ4n) is 3.10. The highest BCUT2D eigenvalue weighted by Crippen LogP contribution is 2.26. The Morgan fingerprint density at radius 2 is 1.97 bits per heavy atom. The highest BCUT2D eigenvalue weighted by molar-refractivity contribution is 8.18. The summed E-state index contributed by atoms with van der Waals surface area (Å²) in [7, 11) is 3.87. The van der Waals surface area contributed by atoms with Gasteiger partial charge in [-0.1, -0.05) is 12.1 Å². The molecule has 1 aliphatic heterocycles. The van der Waals surface area contributed by atoms with Gasteiger partial charge in [-0.15, -0.1) is 0 Å². The molecule has 0 unspecified atom stereocenters. The quantitative estimate of drug-likeness (QED) is 0.386. The van der Waals surface area contributed by atoms with Crippen LogP contribution in [0.15, 0.2) is 40.0 Å². The zero-order valence-corrected chi connectivity index (χ0v) is 19.4. The lowest BCUT2D eigenvalue weighted by molar-refractivity contribution is -0.115. The molecule has 0 aliphatic carbocycles. The van der Waals surface area contributed by atoms with Crippen LogP contribution in [0, 0.1) is 0 Å². The van der Waals surface area contributed by atoms with Crippen LogP contribution in [0.3, 0.4) is 0 Å². The lowest BCUT2D eigenvalue weighted by Gasteiger charge is -2.12. The minimum Gasteiger partial charge on any atom is -0.476 e. The number of hydrogen-bond acceptors (Lipinski definition) is 10. The number of likely N-dealkylation sites (N-methyl/N-ethyl adjacent to an activating group) is 1. The van der Waals surface area contributed by atoms with E-state index < -0.39 is 11.1 Å². The normalized spacial score (nSPS) is 14.7. The van der Waals surface area contributed by atoms with Crippen LogP contribution >= 0.6 is 11.8 Å². The van der Waals surface area contributed by atoms with Crippen molar-refractivity contribution in [2.24, 2.45) is 0 Å². The summed E-state index contributed by atoms with van der Waals surface area (Å²) in [5.41, 5.74) is 0.857. The fraction of sp³-hybridized carbons (Fsp3) is 0.273. The van der Waals surface area contributed by atoms with Gasteiger partial charge in [0.25, 0.3) is 16.7 Å². The molecule has 2 aromatic heterocycles. The van der Waals surface area contributed by atoms with Crippen LogP contribution in [-0.4, -0.2) is 69.8 Å². The van der Waals surface area contributed by atoms with E-state index in [4.69, 9.17) is 4.74 Å². The Balaban J connectivity index is 1.50. The lowest BCUT2D eigenvalue weighted by Crippen LogP contribution is -2.20. The van der Waals surface area contributed by atoms with Gasteiger partial charge in [0.15, 0.2) is 0 Å². The maximum Gasteiger partial charge on any atom is 0.290 e. The summed E-state index contributed by atoms with van der Waals surface area (Å²) in [6.07, 6.45) is 1.94. The first kappa shape index (κ1) is 23.4. The van der Waals surface area contributed by atoms with Crippen molar-refractivity contribution in [2.45, 2.75) is 6.42 Å². The average Bonchev–Trinajstić information content (AvgIpc) is 3.10. The Hall–Kier alpha value is -3.77. The number of rotatable bonds is 9. The third-order valence-corrected chi connectivity index (χ3v) is 5.55. The van der Waals surface area contributed by atoms with Crippen LogP contribution in [0.1, 0.15) is 11.5 Å². The van der Waals surface area contributed by atoms with Gasteiger partial charge in [0, 0.05) is 25.6 Å². The Bertz CT molecular complexity index is 1320. The predicted octanol–water partition coefficient (Wildman–Crippen LogP) is 1.63. The maximum absolute atomic E-state index is 12.3. The first-order valence-electron chi connectivity index (χ1n) is 10.5. The van der Waals surface area contributed by atoms with Gasteiger partial charge < -0.3 is 19.9 Å². The molecule has 12 heteroatoms. The molecule has 0 atom stereocenters. The fourth-order valence-corrected chi connectivity index (χ4v) is 3.77. The number of ether oxygens (including phenoxy) is 1. The number of nitrogens with one attached hydrogen (secondary N) is 3. The Kier molecular flexibility index (Phi) is 7.18. The van der Waals surface area contributed by atoms with Crippen molar-refractivity contribution in [3.8, 4) is 5.88 Å². The SMILES string of the molecule is CN(C)CCOc1cc(C=C2SC(=O)NC2=O)nc(NCCc2nc3ccccc3c(=O)[nH]2)n1. The molecule has 34 heavy (non-hydrogen) atoms. The van der Waals surface area contributed by atoms with Crippen molar-refractivity contribution in [3.05, 3.63) is 57.1 Å². The summed E-state index contributed by atoms with van der Waals surface area (Å²) in [6, 6.07) is 8.75. The van der Waals surface area contributed by atoms with Crippen molar-refractivity contribution < 1.29 is 14.3 Å². The molecule has 2 amide bonds. The molecule has 1 aliphatic rings. The van der Waals surface area contributed by atoms with Crippen LogP contribution in [0.25, 0.3) is 17.0 Å². The standard InChI is InChI=1S/C22H23N7O4S/c1-29(2)9-10-33-18-12-13(11-16-20(31)28-22(32)34-16)24-21(27-18)23-8-7-17-25-15-6-4-3-5-14(15)19(30)26-17/h3-6,11-12H,7-10H2,1-2H3,(H,23,24,27)(H,25,26,30)(H,28,31,32). The maximum atomic E-state index is 12.3. The number of amides is 2. The van der Waals surface area contributed by atoms with Crippen LogP contribution in [0.4, 0.5) is 10.7 Å². The number of carbonyl (C=O) groups excluding carboxylic acids is 2. The van der Waals surface area contributed by atoms with Gasteiger partial charge in [-0.25, -0.2) is 9.97 Å². The molecule has 1 fully saturated rings. The number of fused-ring (bicyclic) bond motifs is 1. The first-order chi connectivity index (χ1) is 16.4. The van der Waals surface area contributed by atoms with E-state index in [1.165, 1.54) is 6.08 Å². The smallest absolute Gasteiger partial charge is 0.290 e. The number of hydrogen-bond donors (Lipinski definition) is 3. The number of H-pyrrole nitrogens is 1. The zero-order chi connectivity index (χ0) is 24.1. The summed E-state index contributed by atoms with van der Waals surface area (Å²) in [6.45, 7) is 1.50. The van der Waals surface area contributed by atoms with Gasteiger partial charge in [-0.2, -0.15) is 4.98 Å². The highest BCUT2D eigenvalue weighted by atomic mass is 32.2. The summed E-state index contributed by atoms with van der Waals surface area (Å²) in [4.78, 5) is 53.9. The van der Waals surface area contributed by atoms with Gasteiger partial charge >= 0.3 is 0 Å². The number of thioether (sulfide) groups is 1. The molecule has 4 rings (SSSR count). The Labute approximate surface area is 199 Å². The highest BCUT2D eigenvalue weighted by Gasteiger charge is 2.25. The van der Waals surface area contributed by atoms with Gasteiger partial charge in [-0.3, -0.25) is 19.7 Å². The lowest BCUT2D eigenvalue weighted by atomic mass is 10.2. The van der Waals surface area contributed by atoms with Crippen LogP contribution < -0.4 is 20.9 Å². The van der Waals surface area contributed by atoms with E-state index in [1.807, 2.05) is 25.1 Å². The van der Waals surface area contributed by atoms with E-state index in [2.05, 4.69) is 30.6 Å². The molecule has 1 saturated heterocycles. The number of aromatic nitrogens is 4. The molecule has 3 heterocycles. The topological polar surface area (TPSA) is 142 Å². The van der Waals surface area contributed by atoms with Crippen LogP contribution in [-0.2, 0) is 11.2 Å². The van der Waals surface area contributed by atoms with Crippen LogP contribution in [0.2, 0.25) is 0 Å². The number of aromatic amines is 1. The average molecular weight is 482 g/mol. The molecule has 1 aromatic carbocycles. The zero-order valence-electron chi connectivity index (χ0n) is 18.6. The molecular formula is C22H23N7O4S. The number of anilines is 1. The number of benzene rings is 1. The summed E-state index contributed by atoms with van der Waals surface area (Å²) < 4.78 is 5.74. The number of para-hydroxylation sites is 1. The molecule has 0 spiro atoms. The summed E-state index contributed by atoms with van der Waals surface area (Å²) in [5.74, 6) is 0.684. The Morgan fingerprint density at radius 1 is 1.15 bits per heavy atom. The third kappa shape index (κ3) is 5.97. The number of imide groups is 1. The Morgan fingerprint density at radius 3 is 2.74 bits per heavy atom. The minimum atomic E-state index is -0.468. The largest absolute Gasteiger partial charge is 0.476 e.